The number of benzene rings is 1. The zero-order valence-electron chi connectivity index (χ0n) is 9.90. The van der Waals surface area contributed by atoms with Gasteiger partial charge in [-0.3, -0.25) is 9.00 Å². The lowest BCUT2D eigenvalue weighted by molar-refractivity contribution is 0.0943. The molecule has 1 N–H and O–H groups in total. The SMILES string of the molecule is CC(CS(C)=O)NC(=O)c1ccc(CBr)cc1. The number of hydrogen-bond acceptors (Lipinski definition) is 2. The molecule has 17 heavy (non-hydrogen) atoms. The summed E-state index contributed by atoms with van der Waals surface area (Å²) in [6, 6.07) is 7.33. The minimum absolute atomic E-state index is 0.0795. The average Bonchev–Trinajstić information content (AvgIpc) is 2.28. The molecule has 1 rings (SSSR count). The predicted octanol–water partition coefficient (Wildman–Crippen LogP) is 2.08. The molecule has 1 amide bonds. The molecule has 0 aliphatic heterocycles. The molecule has 3 nitrogen and oxygen atoms in total. The van der Waals surface area contributed by atoms with Gasteiger partial charge in [-0.25, -0.2) is 0 Å². The molecule has 0 saturated carbocycles. The molecule has 94 valence electrons. The van der Waals surface area contributed by atoms with E-state index < -0.39 is 10.8 Å². The Balaban J connectivity index is 2.60. The van der Waals surface area contributed by atoms with E-state index in [9.17, 15) is 9.00 Å². The molecule has 0 fully saturated rings. The van der Waals surface area contributed by atoms with Crippen LogP contribution < -0.4 is 5.32 Å². The lowest BCUT2D eigenvalue weighted by Crippen LogP contribution is -2.36. The van der Waals surface area contributed by atoms with Crippen molar-refractivity contribution in [2.24, 2.45) is 0 Å². The third kappa shape index (κ3) is 5.00. The quantitative estimate of drug-likeness (QED) is 0.845. The van der Waals surface area contributed by atoms with Crippen molar-refractivity contribution in [3.05, 3.63) is 35.4 Å². The molecule has 0 aliphatic carbocycles. The van der Waals surface area contributed by atoms with Gasteiger partial charge in [0.15, 0.2) is 0 Å². The second kappa shape index (κ2) is 6.91. The fraction of sp³-hybridized carbons (Fsp3) is 0.417. The first-order valence-electron chi connectivity index (χ1n) is 5.28. The fourth-order valence-electron chi connectivity index (χ4n) is 1.45. The molecule has 1 aromatic carbocycles. The van der Waals surface area contributed by atoms with Gasteiger partial charge in [0.25, 0.3) is 5.91 Å². The van der Waals surface area contributed by atoms with Crippen molar-refractivity contribution < 1.29 is 9.00 Å². The first-order valence-corrected chi connectivity index (χ1v) is 8.13. The second-order valence-corrected chi connectivity index (χ2v) is 5.99. The maximum absolute atomic E-state index is 11.8. The Morgan fingerprint density at radius 2 is 2.00 bits per heavy atom. The van der Waals surface area contributed by atoms with Crippen molar-refractivity contribution in [2.45, 2.75) is 18.3 Å². The Bertz CT molecular complexity index is 405. The van der Waals surface area contributed by atoms with Gasteiger partial charge in [-0.2, -0.15) is 0 Å². The van der Waals surface area contributed by atoms with Crippen molar-refractivity contribution in [1.29, 1.82) is 0 Å². The van der Waals surface area contributed by atoms with Gasteiger partial charge >= 0.3 is 0 Å². The molecule has 0 radical (unpaired) electrons. The number of hydrogen-bond donors (Lipinski definition) is 1. The summed E-state index contributed by atoms with van der Waals surface area (Å²) in [5.41, 5.74) is 1.76. The molecule has 2 atom stereocenters. The minimum Gasteiger partial charge on any atom is -0.349 e. The fourth-order valence-corrected chi connectivity index (χ4v) is 2.61. The van der Waals surface area contributed by atoms with E-state index in [2.05, 4.69) is 21.2 Å². The number of nitrogens with one attached hydrogen (secondary N) is 1. The summed E-state index contributed by atoms with van der Waals surface area (Å²) in [6.07, 6.45) is 1.63. The summed E-state index contributed by atoms with van der Waals surface area (Å²) in [5.74, 6) is 0.356. The van der Waals surface area contributed by atoms with Gasteiger partial charge in [-0.15, -0.1) is 0 Å². The van der Waals surface area contributed by atoms with Crippen LogP contribution in [-0.4, -0.2) is 28.2 Å². The first kappa shape index (κ1) is 14.4. The Morgan fingerprint density at radius 3 is 2.47 bits per heavy atom. The van der Waals surface area contributed by atoms with E-state index in [0.29, 0.717) is 11.3 Å². The summed E-state index contributed by atoms with van der Waals surface area (Å²) in [6.45, 7) is 1.85. The maximum Gasteiger partial charge on any atom is 0.251 e. The van der Waals surface area contributed by atoms with Crippen LogP contribution in [0.2, 0.25) is 0 Å². The van der Waals surface area contributed by atoms with Gasteiger partial charge in [-0.05, 0) is 24.6 Å². The molecule has 0 spiro atoms. The van der Waals surface area contributed by atoms with E-state index in [1.165, 1.54) is 0 Å². The van der Waals surface area contributed by atoms with Crippen LogP contribution in [0.1, 0.15) is 22.8 Å². The maximum atomic E-state index is 11.8. The lowest BCUT2D eigenvalue weighted by Gasteiger charge is -2.12. The van der Waals surface area contributed by atoms with Gasteiger partial charge in [0.2, 0.25) is 0 Å². The molecule has 0 aromatic heterocycles. The van der Waals surface area contributed by atoms with E-state index in [-0.39, 0.29) is 11.9 Å². The van der Waals surface area contributed by atoms with Gasteiger partial charge in [0.05, 0.1) is 0 Å². The molecule has 5 heteroatoms. The molecule has 0 bridgehead atoms. The highest BCUT2D eigenvalue weighted by Gasteiger charge is 2.10. The van der Waals surface area contributed by atoms with Gasteiger partial charge < -0.3 is 5.32 Å². The molecular weight excluding hydrogens is 302 g/mol. The summed E-state index contributed by atoms with van der Waals surface area (Å²) in [5, 5.41) is 3.60. The van der Waals surface area contributed by atoms with E-state index in [4.69, 9.17) is 0 Å². The Morgan fingerprint density at radius 1 is 1.41 bits per heavy atom. The van der Waals surface area contributed by atoms with Gasteiger partial charge in [0.1, 0.15) is 0 Å². The van der Waals surface area contributed by atoms with Crippen LogP contribution in [0.4, 0.5) is 0 Å². The standard InChI is InChI=1S/C12H16BrNO2S/c1-9(8-17(2)16)14-12(15)11-5-3-10(7-13)4-6-11/h3-6,9H,7-8H2,1-2H3,(H,14,15). The first-order chi connectivity index (χ1) is 8.02. The van der Waals surface area contributed by atoms with Gasteiger partial charge in [-0.1, -0.05) is 28.1 Å². The second-order valence-electron chi connectivity index (χ2n) is 3.94. The number of rotatable bonds is 5. The third-order valence-electron chi connectivity index (χ3n) is 2.23. The highest BCUT2D eigenvalue weighted by Crippen LogP contribution is 2.08. The van der Waals surface area contributed by atoms with Crippen LogP contribution >= 0.6 is 15.9 Å². The normalized spacial score (nSPS) is 14.1. The van der Waals surface area contributed by atoms with E-state index in [1.807, 2.05) is 19.1 Å². The van der Waals surface area contributed by atoms with Crippen LogP contribution in [0.5, 0.6) is 0 Å². The van der Waals surface area contributed by atoms with E-state index in [0.717, 1.165) is 10.9 Å². The number of carbonyl (C=O) groups excluding carboxylic acids is 1. The van der Waals surface area contributed by atoms with Gasteiger partial charge in [0, 0.05) is 39.7 Å². The minimum atomic E-state index is -0.894. The summed E-state index contributed by atoms with van der Waals surface area (Å²) in [7, 11) is -0.894. The van der Waals surface area contributed by atoms with Crippen LogP contribution in [0, 0.1) is 0 Å². The molecular formula is C12H16BrNO2S. The number of carbonyl (C=O) groups is 1. The monoisotopic (exact) mass is 317 g/mol. The highest BCUT2D eigenvalue weighted by atomic mass is 79.9. The van der Waals surface area contributed by atoms with E-state index in [1.54, 1.807) is 18.4 Å². The molecule has 0 heterocycles. The number of amides is 1. The third-order valence-corrected chi connectivity index (χ3v) is 3.85. The molecule has 0 saturated heterocycles. The van der Waals surface area contributed by atoms with Crippen molar-refractivity contribution in [1.82, 2.24) is 5.32 Å². The average molecular weight is 318 g/mol. The Kier molecular flexibility index (Phi) is 5.85. The Labute approximate surface area is 113 Å². The topological polar surface area (TPSA) is 46.2 Å². The van der Waals surface area contributed by atoms with Crippen molar-refractivity contribution in [3.8, 4) is 0 Å². The van der Waals surface area contributed by atoms with Crippen LogP contribution in [-0.2, 0) is 16.1 Å². The van der Waals surface area contributed by atoms with Crippen LogP contribution in [0.25, 0.3) is 0 Å². The highest BCUT2D eigenvalue weighted by molar-refractivity contribution is 9.08. The zero-order chi connectivity index (χ0) is 12.8. The molecule has 0 aliphatic rings. The Hall–Kier alpha value is -0.680. The van der Waals surface area contributed by atoms with Crippen LogP contribution in [0.15, 0.2) is 24.3 Å². The van der Waals surface area contributed by atoms with Crippen molar-refractivity contribution >= 4 is 32.6 Å². The summed E-state index contributed by atoms with van der Waals surface area (Å²) >= 11 is 3.35. The predicted molar refractivity (Wildman–Crippen MR) is 74.9 cm³/mol. The van der Waals surface area contributed by atoms with Crippen molar-refractivity contribution in [3.63, 3.8) is 0 Å². The van der Waals surface area contributed by atoms with E-state index >= 15 is 0 Å². The molecule has 2 unspecified atom stereocenters. The van der Waals surface area contributed by atoms with Crippen molar-refractivity contribution in [2.75, 3.05) is 12.0 Å². The van der Waals surface area contributed by atoms with Crippen LogP contribution in [0.3, 0.4) is 0 Å². The number of alkyl halides is 1. The largest absolute Gasteiger partial charge is 0.349 e. The summed E-state index contributed by atoms with van der Waals surface area (Å²) in [4.78, 5) is 11.8. The molecule has 1 aromatic rings. The lowest BCUT2D eigenvalue weighted by atomic mass is 10.1. The number of halogens is 1. The summed E-state index contributed by atoms with van der Waals surface area (Å²) < 4.78 is 11.0. The zero-order valence-corrected chi connectivity index (χ0v) is 12.3. The smallest absolute Gasteiger partial charge is 0.251 e.